The van der Waals surface area contributed by atoms with Crippen LogP contribution in [0.1, 0.15) is 18.7 Å². The van der Waals surface area contributed by atoms with E-state index in [9.17, 15) is 9.59 Å². The summed E-state index contributed by atoms with van der Waals surface area (Å²) in [5.41, 5.74) is 0. The Hall–Kier alpha value is -1.01. The fraction of sp³-hybridized carbons (Fsp3) is 0.538. The minimum Gasteiger partial charge on any atom is -0.480 e. The maximum absolute atomic E-state index is 12.0. The van der Waals surface area contributed by atoms with Gasteiger partial charge in [0.25, 0.3) is 0 Å². The van der Waals surface area contributed by atoms with Gasteiger partial charge in [-0.25, -0.2) is 0 Å². The van der Waals surface area contributed by atoms with Gasteiger partial charge < -0.3 is 10.0 Å². The number of carbonyl (C=O) groups is 2. The maximum atomic E-state index is 12.0. The smallest absolute Gasteiger partial charge is 0.323 e. The van der Waals surface area contributed by atoms with Crippen LogP contribution in [0.5, 0.6) is 0 Å². The van der Waals surface area contributed by atoms with Gasteiger partial charge in [0.1, 0.15) is 6.54 Å². The molecule has 0 saturated heterocycles. The Labute approximate surface area is 121 Å². The van der Waals surface area contributed by atoms with E-state index < -0.39 is 5.97 Å². The predicted molar refractivity (Wildman–Crippen MR) is 79.5 cm³/mol. The van der Waals surface area contributed by atoms with E-state index in [4.69, 9.17) is 5.11 Å². The lowest BCUT2D eigenvalue weighted by Crippen LogP contribution is -2.39. The topological polar surface area (TPSA) is 57.6 Å². The van der Waals surface area contributed by atoms with E-state index in [0.717, 1.165) is 5.75 Å². The van der Waals surface area contributed by atoms with Gasteiger partial charge in [-0.1, -0.05) is 19.9 Å². The third-order valence-electron chi connectivity index (χ3n) is 2.31. The number of hydrogen-bond donors (Lipinski definition) is 1. The van der Waals surface area contributed by atoms with E-state index in [-0.39, 0.29) is 18.4 Å². The van der Waals surface area contributed by atoms with Crippen molar-refractivity contribution in [2.75, 3.05) is 18.8 Å². The molecule has 1 aromatic rings. The standard InChI is InChI=1S/C13H19NO3S2/c1-10(2)6-14(7-13(16)17)12(15)9-18-8-11-4-3-5-19-11/h3-5,10H,6-9H2,1-2H3,(H,16,17). The molecule has 0 aliphatic heterocycles. The lowest BCUT2D eigenvalue weighted by molar-refractivity contribution is -0.143. The van der Waals surface area contributed by atoms with Gasteiger partial charge in [0.2, 0.25) is 5.91 Å². The molecule has 6 heteroatoms. The Bertz CT molecular complexity index is 404. The van der Waals surface area contributed by atoms with Crippen molar-refractivity contribution >= 4 is 35.0 Å². The van der Waals surface area contributed by atoms with Gasteiger partial charge >= 0.3 is 5.97 Å². The molecule has 0 unspecified atom stereocenters. The third-order valence-corrected chi connectivity index (χ3v) is 4.34. The average molecular weight is 301 g/mol. The highest BCUT2D eigenvalue weighted by molar-refractivity contribution is 7.99. The normalized spacial score (nSPS) is 10.7. The second kappa shape index (κ2) is 8.22. The van der Waals surface area contributed by atoms with Gasteiger partial charge in [-0.3, -0.25) is 9.59 Å². The second-order valence-corrected chi connectivity index (χ2v) is 6.65. The van der Waals surface area contributed by atoms with Crippen molar-refractivity contribution in [2.45, 2.75) is 19.6 Å². The highest BCUT2D eigenvalue weighted by atomic mass is 32.2. The van der Waals surface area contributed by atoms with Crippen LogP contribution in [0.15, 0.2) is 17.5 Å². The van der Waals surface area contributed by atoms with Crippen molar-refractivity contribution in [1.82, 2.24) is 4.90 Å². The molecule has 1 rings (SSSR count). The zero-order chi connectivity index (χ0) is 14.3. The zero-order valence-corrected chi connectivity index (χ0v) is 12.8. The molecule has 19 heavy (non-hydrogen) atoms. The number of thioether (sulfide) groups is 1. The number of carbonyl (C=O) groups excluding carboxylic acids is 1. The van der Waals surface area contributed by atoms with Crippen molar-refractivity contribution < 1.29 is 14.7 Å². The summed E-state index contributed by atoms with van der Waals surface area (Å²) in [6.07, 6.45) is 0. The molecule has 0 aliphatic carbocycles. The van der Waals surface area contributed by atoms with Gasteiger partial charge in [-0.05, 0) is 17.4 Å². The zero-order valence-electron chi connectivity index (χ0n) is 11.2. The maximum Gasteiger partial charge on any atom is 0.323 e. The molecule has 0 aromatic carbocycles. The largest absolute Gasteiger partial charge is 0.480 e. The van der Waals surface area contributed by atoms with Gasteiger partial charge in [-0.2, -0.15) is 0 Å². The molecular formula is C13H19NO3S2. The quantitative estimate of drug-likeness (QED) is 0.801. The predicted octanol–water partition coefficient (Wildman–Crippen LogP) is 2.55. The molecule has 0 spiro atoms. The van der Waals surface area contributed by atoms with Crippen LogP contribution in [0.3, 0.4) is 0 Å². The molecule has 1 aromatic heterocycles. The van der Waals surface area contributed by atoms with Crippen LogP contribution in [0.4, 0.5) is 0 Å². The SMILES string of the molecule is CC(C)CN(CC(=O)O)C(=O)CSCc1cccs1. The van der Waals surface area contributed by atoms with Crippen molar-refractivity contribution in [3.8, 4) is 0 Å². The van der Waals surface area contributed by atoms with E-state index in [1.807, 2.05) is 31.4 Å². The Morgan fingerprint density at radius 1 is 1.47 bits per heavy atom. The van der Waals surface area contributed by atoms with Crippen molar-refractivity contribution in [2.24, 2.45) is 5.92 Å². The number of carboxylic acids is 1. The first kappa shape index (κ1) is 16.0. The van der Waals surface area contributed by atoms with Gasteiger partial charge in [0.15, 0.2) is 0 Å². The first-order chi connectivity index (χ1) is 8.99. The van der Waals surface area contributed by atoms with Gasteiger partial charge in [-0.15, -0.1) is 23.1 Å². The monoisotopic (exact) mass is 301 g/mol. The van der Waals surface area contributed by atoms with Crippen LogP contribution < -0.4 is 0 Å². The highest BCUT2D eigenvalue weighted by Gasteiger charge is 2.17. The Morgan fingerprint density at radius 3 is 2.74 bits per heavy atom. The lowest BCUT2D eigenvalue weighted by atomic mass is 10.2. The molecule has 0 saturated carbocycles. The fourth-order valence-corrected chi connectivity index (χ4v) is 3.35. The summed E-state index contributed by atoms with van der Waals surface area (Å²) in [5, 5.41) is 10.8. The lowest BCUT2D eigenvalue weighted by Gasteiger charge is -2.22. The number of nitrogens with zero attached hydrogens (tertiary/aromatic N) is 1. The second-order valence-electron chi connectivity index (χ2n) is 4.63. The number of amides is 1. The van der Waals surface area contributed by atoms with E-state index in [2.05, 4.69) is 0 Å². The van der Waals surface area contributed by atoms with E-state index >= 15 is 0 Å². The summed E-state index contributed by atoms with van der Waals surface area (Å²) in [6, 6.07) is 4.02. The van der Waals surface area contributed by atoms with Crippen LogP contribution in [-0.4, -0.2) is 40.7 Å². The van der Waals surface area contributed by atoms with Crippen LogP contribution >= 0.6 is 23.1 Å². The number of hydrogen-bond acceptors (Lipinski definition) is 4. The summed E-state index contributed by atoms with van der Waals surface area (Å²) < 4.78 is 0. The van der Waals surface area contributed by atoms with Gasteiger partial charge in [0.05, 0.1) is 5.75 Å². The summed E-state index contributed by atoms with van der Waals surface area (Å²) in [6.45, 7) is 4.23. The summed E-state index contributed by atoms with van der Waals surface area (Å²) in [5.74, 6) is 0.338. The van der Waals surface area contributed by atoms with Crippen LogP contribution in [0.25, 0.3) is 0 Å². The number of rotatable bonds is 8. The summed E-state index contributed by atoms with van der Waals surface area (Å²) in [7, 11) is 0. The fourth-order valence-electron chi connectivity index (χ4n) is 1.58. The summed E-state index contributed by atoms with van der Waals surface area (Å²) >= 11 is 3.19. The number of carboxylic acid groups (broad SMARTS) is 1. The van der Waals surface area contributed by atoms with Crippen molar-refractivity contribution in [3.05, 3.63) is 22.4 Å². The van der Waals surface area contributed by atoms with Crippen LogP contribution in [-0.2, 0) is 15.3 Å². The molecule has 1 heterocycles. The minimum atomic E-state index is -0.961. The van der Waals surface area contributed by atoms with Gasteiger partial charge in [0, 0.05) is 17.2 Å². The molecule has 0 aliphatic rings. The molecule has 0 fully saturated rings. The van der Waals surface area contributed by atoms with E-state index in [1.165, 1.54) is 21.5 Å². The van der Waals surface area contributed by atoms with Crippen molar-refractivity contribution in [3.63, 3.8) is 0 Å². The van der Waals surface area contributed by atoms with Crippen LogP contribution in [0, 0.1) is 5.92 Å². The Kier molecular flexibility index (Phi) is 6.94. The molecule has 0 bridgehead atoms. The Balaban J connectivity index is 2.40. The number of aliphatic carboxylic acids is 1. The number of thiophene rings is 1. The first-order valence-electron chi connectivity index (χ1n) is 6.08. The first-order valence-corrected chi connectivity index (χ1v) is 8.12. The average Bonchev–Trinajstić information content (AvgIpc) is 2.79. The third kappa shape index (κ3) is 6.63. The Morgan fingerprint density at radius 2 is 2.21 bits per heavy atom. The molecule has 1 amide bonds. The highest BCUT2D eigenvalue weighted by Crippen LogP contribution is 2.17. The van der Waals surface area contributed by atoms with Crippen molar-refractivity contribution in [1.29, 1.82) is 0 Å². The molecule has 106 valence electrons. The summed E-state index contributed by atoms with van der Waals surface area (Å²) in [4.78, 5) is 25.4. The van der Waals surface area contributed by atoms with E-state index in [0.29, 0.717) is 12.3 Å². The molecule has 4 nitrogen and oxygen atoms in total. The molecule has 0 radical (unpaired) electrons. The van der Waals surface area contributed by atoms with Crippen LogP contribution in [0.2, 0.25) is 0 Å². The molecule has 1 N–H and O–H groups in total. The minimum absolute atomic E-state index is 0.0994. The molecular weight excluding hydrogens is 282 g/mol. The molecule has 0 atom stereocenters. The van der Waals surface area contributed by atoms with E-state index in [1.54, 1.807) is 11.3 Å².